The minimum Gasteiger partial charge on any atom is -0.393 e. The molecule has 0 aliphatic carbocycles. The van der Waals surface area contributed by atoms with Crippen molar-refractivity contribution in [3.8, 4) is 0 Å². The fourth-order valence-electron chi connectivity index (χ4n) is 2.87. The van der Waals surface area contributed by atoms with E-state index in [4.69, 9.17) is 0 Å². The van der Waals surface area contributed by atoms with E-state index in [1.54, 1.807) is 29.2 Å². The number of hydrogen-bond donors (Lipinski definition) is 2. The summed E-state index contributed by atoms with van der Waals surface area (Å²) in [5.74, 6) is -1.26. The van der Waals surface area contributed by atoms with Crippen LogP contribution in [-0.2, 0) is 0 Å². The molecule has 1 aliphatic rings. The van der Waals surface area contributed by atoms with E-state index in [1.165, 1.54) is 12.1 Å². The van der Waals surface area contributed by atoms with Gasteiger partial charge in [0.1, 0.15) is 5.82 Å². The fraction of sp³-hybridized carbons (Fsp3) is 0.263. The molecule has 0 radical (unpaired) electrons. The molecule has 3 rings (SSSR count). The van der Waals surface area contributed by atoms with E-state index in [0.29, 0.717) is 31.5 Å². The van der Waals surface area contributed by atoms with Crippen LogP contribution in [0, 0.1) is 5.82 Å². The minimum atomic E-state index is -0.542. The third-order valence-corrected chi connectivity index (χ3v) is 4.79. The first-order valence-electron chi connectivity index (χ1n) is 8.28. The van der Waals surface area contributed by atoms with Gasteiger partial charge in [0.15, 0.2) is 0 Å². The summed E-state index contributed by atoms with van der Waals surface area (Å²) in [6.45, 7) is 0.854. The lowest BCUT2D eigenvalue weighted by atomic mass is 10.1. The van der Waals surface area contributed by atoms with Crippen molar-refractivity contribution < 1.29 is 19.1 Å². The number of carbonyl (C=O) groups is 2. The number of aliphatic hydroxyl groups is 1. The molecule has 1 heterocycles. The Morgan fingerprint density at radius 1 is 1.15 bits per heavy atom. The number of piperidine rings is 1. The first-order chi connectivity index (χ1) is 12.4. The maximum Gasteiger partial charge on any atom is 0.255 e. The molecule has 7 heteroatoms. The van der Waals surface area contributed by atoms with E-state index < -0.39 is 17.8 Å². The van der Waals surface area contributed by atoms with Crippen LogP contribution in [0.1, 0.15) is 33.6 Å². The van der Waals surface area contributed by atoms with Crippen LogP contribution in [0.5, 0.6) is 0 Å². The first-order valence-corrected chi connectivity index (χ1v) is 9.07. The van der Waals surface area contributed by atoms with Gasteiger partial charge in [0.05, 0.1) is 17.4 Å². The van der Waals surface area contributed by atoms with Gasteiger partial charge in [-0.2, -0.15) is 0 Å². The number of hydrogen-bond acceptors (Lipinski definition) is 3. The van der Waals surface area contributed by atoms with Crippen molar-refractivity contribution in [1.29, 1.82) is 0 Å². The Morgan fingerprint density at radius 3 is 2.58 bits per heavy atom. The zero-order valence-electron chi connectivity index (χ0n) is 13.9. The van der Waals surface area contributed by atoms with Crippen molar-refractivity contribution in [2.75, 3.05) is 18.4 Å². The van der Waals surface area contributed by atoms with E-state index in [1.807, 2.05) is 0 Å². The average Bonchev–Trinajstić information content (AvgIpc) is 2.62. The molecule has 0 unspecified atom stereocenters. The van der Waals surface area contributed by atoms with Crippen LogP contribution >= 0.6 is 15.9 Å². The maximum atomic E-state index is 13.7. The number of anilines is 1. The standard InChI is InChI=1S/C19H18BrFN2O3/c20-13-3-1-2-12(10-13)18(25)22-17-11-14(21)4-5-16(17)19(26)23-8-6-15(24)7-9-23/h1-5,10-11,15,24H,6-9H2,(H,22,25). The first kappa shape index (κ1) is 18.5. The predicted octanol–water partition coefficient (Wildman–Crippen LogP) is 3.44. The topological polar surface area (TPSA) is 69.6 Å². The Balaban J connectivity index is 1.84. The second-order valence-corrected chi connectivity index (χ2v) is 7.09. The fourth-order valence-corrected chi connectivity index (χ4v) is 3.27. The number of benzene rings is 2. The Kier molecular flexibility index (Phi) is 5.68. The summed E-state index contributed by atoms with van der Waals surface area (Å²) in [6, 6.07) is 10.5. The highest BCUT2D eigenvalue weighted by atomic mass is 79.9. The highest BCUT2D eigenvalue weighted by Crippen LogP contribution is 2.23. The van der Waals surface area contributed by atoms with Gasteiger partial charge in [-0.05, 0) is 49.2 Å². The summed E-state index contributed by atoms with van der Waals surface area (Å²) in [7, 11) is 0. The van der Waals surface area contributed by atoms with Gasteiger partial charge in [-0.25, -0.2) is 4.39 Å². The second-order valence-electron chi connectivity index (χ2n) is 6.18. The molecule has 0 atom stereocenters. The van der Waals surface area contributed by atoms with Gasteiger partial charge < -0.3 is 15.3 Å². The number of rotatable bonds is 3. The predicted molar refractivity (Wildman–Crippen MR) is 99.6 cm³/mol. The van der Waals surface area contributed by atoms with Crippen molar-refractivity contribution in [2.24, 2.45) is 0 Å². The van der Waals surface area contributed by atoms with Crippen LogP contribution in [0.15, 0.2) is 46.9 Å². The summed E-state index contributed by atoms with van der Waals surface area (Å²) < 4.78 is 14.4. The Bertz CT molecular complexity index is 835. The van der Waals surface area contributed by atoms with Gasteiger partial charge in [0, 0.05) is 23.1 Å². The Hall–Kier alpha value is -2.25. The third kappa shape index (κ3) is 4.28. The molecule has 2 amide bonds. The number of carbonyl (C=O) groups excluding carboxylic acids is 2. The van der Waals surface area contributed by atoms with E-state index in [2.05, 4.69) is 21.2 Å². The smallest absolute Gasteiger partial charge is 0.255 e. The summed E-state index contributed by atoms with van der Waals surface area (Å²) >= 11 is 3.30. The molecule has 0 spiro atoms. The molecular formula is C19H18BrFN2O3. The molecule has 136 valence electrons. The van der Waals surface area contributed by atoms with Gasteiger partial charge in [-0.3, -0.25) is 9.59 Å². The largest absolute Gasteiger partial charge is 0.393 e. The lowest BCUT2D eigenvalue weighted by molar-refractivity contribution is 0.0547. The number of halogens is 2. The van der Waals surface area contributed by atoms with Gasteiger partial charge in [0.25, 0.3) is 11.8 Å². The van der Waals surface area contributed by atoms with E-state index in [0.717, 1.165) is 10.5 Å². The van der Waals surface area contributed by atoms with Crippen LogP contribution in [0.4, 0.5) is 10.1 Å². The summed E-state index contributed by atoms with van der Waals surface area (Å²) in [6.07, 6.45) is 0.613. The van der Waals surface area contributed by atoms with E-state index in [9.17, 15) is 19.1 Å². The highest BCUT2D eigenvalue weighted by Gasteiger charge is 2.25. The van der Waals surface area contributed by atoms with E-state index >= 15 is 0 Å². The minimum absolute atomic E-state index is 0.131. The molecule has 2 aromatic carbocycles. The molecule has 5 nitrogen and oxygen atoms in total. The average molecular weight is 421 g/mol. The van der Waals surface area contributed by atoms with Crippen molar-refractivity contribution >= 4 is 33.4 Å². The van der Waals surface area contributed by atoms with E-state index in [-0.39, 0.29) is 17.2 Å². The number of nitrogens with zero attached hydrogens (tertiary/aromatic N) is 1. The molecule has 0 saturated carbocycles. The summed E-state index contributed by atoms with van der Waals surface area (Å²) in [5, 5.41) is 12.2. The number of nitrogens with one attached hydrogen (secondary N) is 1. The number of likely N-dealkylation sites (tertiary alicyclic amines) is 1. The molecular weight excluding hydrogens is 403 g/mol. The molecule has 0 bridgehead atoms. The zero-order valence-corrected chi connectivity index (χ0v) is 15.5. The van der Waals surface area contributed by atoms with Crippen LogP contribution in [0.2, 0.25) is 0 Å². The van der Waals surface area contributed by atoms with Gasteiger partial charge in [0.2, 0.25) is 0 Å². The summed E-state index contributed by atoms with van der Waals surface area (Å²) in [5.41, 5.74) is 0.750. The SMILES string of the molecule is O=C(Nc1cc(F)ccc1C(=O)N1CCC(O)CC1)c1cccc(Br)c1. The molecule has 26 heavy (non-hydrogen) atoms. The van der Waals surface area contributed by atoms with Crippen molar-refractivity contribution in [1.82, 2.24) is 4.90 Å². The summed E-state index contributed by atoms with van der Waals surface area (Å²) in [4.78, 5) is 26.8. The van der Waals surface area contributed by atoms with Gasteiger partial charge in [-0.1, -0.05) is 22.0 Å². The normalized spacial score (nSPS) is 15.0. The maximum absolute atomic E-state index is 13.7. The lowest BCUT2D eigenvalue weighted by Crippen LogP contribution is -2.40. The monoisotopic (exact) mass is 420 g/mol. The lowest BCUT2D eigenvalue weighted by Gasteiger charge is -2.30. The molecule has 0 aromatic heterocycles. The number of amides is 2. The molecule has 2 N–H and O–H groups in total. The Morgan fingerprint density at radius 2 is 1.88 bits per heavy atom. The Labute approximate surface area is 158 Å². The van der Waals surface area contributed by atoms with Crippen molar-refractivity contribution in [2.45, 2.75) is 18.9 Å². The van der Waals surface area contributed by atoms with Crippen molar-refractivity contribution in [3.63, 3.8) is 0 Å². The quantitative estimate of drug-likeness (QED) is 0.798. The van der Waals surface area contributed by atoms with Crippen molar-refractivity contribution in [3.05, 3.63) is 63.9 Å². The van der Waals surface area contributed by atoms with Gasteiger partial charge >= 0.3 is 0 Å². The van der Waals surface area contributed by atoms with Gasteiger partial charge in [-0.15, -0.1) is 0 Å². The zero-order chi connectivity index (χ0) is 18.7. The van der Waals surface area contributed by atoms with Crippen LogP contribution < -0.4 is 5.32 Å². The second kappa shape index (κ2) is 7.97. The van der Waals surface area contributed by atoms with Crippen LogP contribution in [0.25, 0.3) is 0 Å². The highest BCUT2D eigenvalue weighted by molar-refractivity contribution is 9.10. The van der Waals surface area contributed by atoms with Crippen LogP contribution in [0.3, 0.4) is 0 Å². The van der Waals surface area contributed by atoms with Crippen LogP contribution in [-0.4, -0.2) is 41.0 Å². The molecule has 2 aromatic rings. The molecule has 1 aliphatic heterocycles. The number of aliphatic hydroxyl groups excluding tert-OH is 1. The molecule has 1 saturated heterocycles. The molecule has 1 fully saturated rings. The third-order valence-electron chi connectivity index (χ3n) is 4.30.